The summed E-state index contributed by atoms with van der Waals surface area (Å²) in [6.07, 6.45) is 1.65. The van der Waals surface area contributed by atoms with Gasteiger partial charge in [0.15, 0.2) is 0 Å². The zero-order valence-corrected chi connectivity index (χ0v) is 10.7. The first-order valence-electron chi connectivity index (χ1n) is 5.82. The number of para-hydroxylation sites is 1. The Morgan fingerprint density at radius 2 is 2.05 bits per heavy atom. The lowest BCUT2D eigenvalue weighted by Gasteiger charge is -2.11. The van der Waals surface area contributed by atoms with Crippen molar-refractivity contribution in [1.29, 1.82) is 0 Å². The normalized spacial score (nSPS) is 10.1. The SMILES string of the molecule is CNc1c(F)cccc1C(=O)Nc1cccnc1C. The molecule has 0 radical (unpaired) electrons. The Morgan fingerprint density at radius 1 is 1.26 bits per heavy atom. The molecule has 0 aliphatic rings. The third kappa shape index (κ3) is 2.70. The van der Waals surface area contributed by atoms with Crippen molar-refractivity contribution in [3.63, 3.8) is 0 Å². The molecule has 0 atom stereocenters. The van der Waals surface area contributed by atoms with Crippen LogP contribution in [-0.2, 0) is 0 Å². The average molecular weight is 259 g/mol. The number of amides is 1. The van der Waals surface area contributed by atoms with Crippen LogP contribution in [0, 0.1) is 12.7 Å². The number of benzene rings is 1. The quantitative estimate of drug-likeness (QED) is 0.891. The van der Waals surface area contributed by atoms with Crippen LogP contribution in [-0.4, -0.2) is 17.9 Å². The Kier molecular flexibility index (Phi) is 3.75. The summed E-state index contributed by atoms with van der Waals surface area (Å²) in [5.41, 5.74) is 1.75. The van der Waals surface area contributed by atoms with Crippen LogP contribution >= 0.6 is 0 Å². The molecule has 0 unspecified atom stereocenters. The number of aryl methyl sites for hydroxylation is 1. The number of hydrogen-bond donors (Lipinski definition) is 2. The maximum absolute atomic E-state index is 13.6. The first kappa shape index (κ1) is 13.0. The highest BCUT2D eigenvalue weighted by Gasteiger charge is 2.14. The minimum absolute atomic E-state index is 0.182. The predicted octanol–water partition coefficient (Wildman–Crippen LogP) is 2.82. The van der Waals surface area contributed by atoms with Crippen LogP contribution in [0.2, 0.25) is 0 Å². The van der Waals surface area contributed by atoms with E-state index in [0.717, 1.165) is 0 Å². The molecule has 5 heteroatoms. The summed E-state index contributed by atoms with van der Waals surface area (Å²) in [6.45, 7) is 1.79. The molecule has 0 saturated carbocycles. The number of carbonyl (C=O) groups excluding carboxylic acids is 1. The molecule has 4 nitrogen and oxygen atoms in total. The van der Waals surface area contributed by atoms with Gasteiger partial charge in [-0.2, -0.15) is 0 Å². The molecule has 2 N–H and O–H groups in total. The van der Waals surface area contributed by atoms with Crippen LogP contribution in [0.15, 0.2) is 36.5 Å². The van der Waals surface area contributed by atoms with E-state index in [2.05, 4.69) is 15.6 Å². The Labute approximate surface area is 110 Å². The summed E-state index contributed by atoms with van der Waals surface area (Å²) in [4.78, 5) is 16.2. The molecule has 2 rings (SSSR count). The van der Waals surface area contributed by atoms with Crippen LogP contribution in [0.1, 0.15) is 16.1 Å². The van der Waals surface area contributed by atoms with Gasteiger partial charge in [0.2, 0.25) is 0 Å². The van der Waals surface area contributed by atoms with Crippen LogP contribution in [0.25, 0.3) is 0 Å². The van der Waals surface area contributed by atoms with E-state index < -0.39 is 5.82 Å². The lowest BCUT2D eigenvalue weighted by molar-refractivity contribution is 0.102. The lowest BCUT2D eigenvalue weighted by Crippen LogP contribution is -2.15. The van der Waals surface area contributed by atoms with Crippen LogP contribution < -0.4 is 10.6 Å². The van der Waals surface area contributed by atoms with Gasteiger partial charge in [-0.05, 0) is 31.2 Å². The highest BCUT2D eigenvalue weighted by Crippen LogP contribution is 2.21. The number of rotatable bonds is 3. The molecule has 1 aromatic heterocycles. The fraction of sp³-hybridized carbons (Fsp3) is 0.143. The van der Waals surface area contributed by atoms with Crippen molar-refractivity contribution in [2.45, 2.75) is 6.92 Å². The molecule has 1 amide bonds. The van der Waals surface area contributed by atoms with Gasteiger partial charge in [-0.3, -0.25) is 9.78 Å². The number of hydrogen-bond acceptors (Lipinski definition) is 3. The second-order valence-electron chi connectivity index (χ2n) is 4.00. The van der Waals surface area contributed by atoms with E-state index in [9.17, 15) is 9.18 Å². The Balaban J connectivity index is 2.31. The van der Waals surface area contributed by atoms with Crippen LogP contribution in [0.4, 0.5) is 15.8 Å². The fourth-order valence-corrected chi connectivity index (χ4v) is 1.77. The van der Waals surface area contributed by atoms with Gasteiger partial charge < -0.3 is 10.6 Å². The number of pyridine rings is 1. The second kappa shape index (κ2) is 5.48. The predicted molar refractivity (Wildman–Crippen MR) is 72.9 cm³/mol. The summed E-state index contributed by atoms with van der Waals surface area (Å²) in [7, 11) is 1.57. The summed E-state index contributed by atoms with van der Waals surface area (Å²) in [6, 6.07) is 7.85. The lowest BCUT2D eigenvalue weighted by atomic mass is 10.1. The number of carbonyl (C=O) groups is 1. The van der Waals surface area contributed by atoms with Crippen LogP contribution in [0.5, 0.6) is 0 Å². The van der Waals surface area contributed by atoms with Gasteiger partial charge in [-0.1, -0.05) is 6.07 Å². The van der Waals surface area contributed by atoms with Gasteiger partial charge in [0.1, 0.15) is 5.82 Å². The standard InChI is InChI=1S/C14H14FN3O/c1-9-12(7-4-8-17-9)18-14(19)10-5-3-6-11(15)13(10)16-2/h3-8,16H,1-2H3,(H,18,19). The zero-order chi connectivity index (χ0) is 13.8. The monoisotopic (exact) mass is 259 g/mol. The van der Waals surface area contributed by atoms with Gasteiger partial charge in [-0.25, -0.2) is 4.39 Å². The number of aromatic nitrogens is 1. The third-order valence-corrected chi connectivity index (χ3v) is 2.76. The Morgan fingerprint density at radius 3 is 2.74 bits per heavy atom. The maximum Gasteiger partial charge on any atom is 0.257 e. The van der Waals surface area contributed by atoms with Crippen molar-refractivity contribution in [3.05, 3.63) is 53.6 Å². The van der Waals surface area contributed by atoms with E-state index in [1.807, 2.05) is 0 Å². The second-order valence-corrected chi connectivity index (χ2v) is 4.00. The molecule has 1 aromatic carbocycles. The molecule has 98 valence electrons. The summed E-state index contributed by atoms with van der Waals surface area (Å²) < 4.78 is 13.6. The summed E-state index contributed by atoms with van der Waals surface area (Å²) >= 11 is 0. The van der Waals surface area contributed by atoms with Crippen molar-refractivity contribution in [3.8, 4) is 0 Å². The first-order valence-corrected chi connectivity index (χ1v) is 5.82. The highest BCUT2D eigenvalue weighted by molar-refractivity contribution is 6.08. The molecular formula is C14H14FN3O. The van der Waals surface area contributed by atoms with Crippen molar-refractivity contribution in [2.75, 3.05) is 17.7 Å². The molecule has 2 aromatic rings. The summed E-state index contributed by atoms with van der Waals surface area (Å²) in [5, 5.41) is 5.41. The molecule has 0 saturated heterocycles. The topological polar surface area (TPSA) is 54.0 Å². The first-order chi connectivity index (χ1) is 9.13. The molecule has 1 heterocycles. The Hall–Kier alpha value is -2.43. The molecule has 0 bridgehead atoms. The van der Waals surface area contributed by atoms with Gasteiger partial charge in [0.05, 0.1) is 22.6 Å². The van der Waals surface area contributed by atoms with Crippen molar-refractivity contribution < 1.29 is 9.18 Å². The number of nitrogens with one attached hydrogen (secondary N) is 2. The Bertz CT molecular complexity index is 613. The summed E-state index contributed by atoms with van der Waals surface area (Å²) in [5.74, 6) is -0.835. The van der Waals surface area contributed by atoms with Gasteiger partial charge >= 0.3 is 0 Å². The maximum atomic E-state index is 13.6. The van der Waals surface area contributed by atoms with Crippen LogP contribution in [0.3, 0.4) is 0 Å². The van der Waals surface area contributed by atoms with E-state index in [1.165, 1.54) is 12.1 Å². The van der Waals surface area contributed by atoms with Gasteiger partial charge in [-0.15, -0.1) is 0 Å². The van der Waals surface area contributed by atoms with Crippen molar-refractivity contribution in [2.24, 2.45) is 0 Å². The molecule has 19 heavy (non-hydrogen) atoms. The minimum Gasteiger partial charge on any atom is -0.385 e. The molecule has 0 aliphatic heterocycles. The van der Waals surface area contributed by atoms with E-state index in [0.29, 0.717) is 11.4 Å². The third-order valence-electron chi connectivity index (χ3n) is 2.76. The van der Waals surface area contributed by atoms with E-state index in [-0.39, 0.29) is 17.2 Å². The fourth-order valence-electron chi connectivity index (χ4n) is 1.77. The smallest absolute Gasteiger partial charge is 0.257 e. The minimum atomic E-state index is -0.460. The molecule has 0 spiro atoms. The molecular weight excluding hydrogens is 245 g/mol. The van der Waals surface area contributed by atoms with E-state index in [4.69, 9.17) is 0 Å². The largest absolute Gasteiger partial charge is 0.385 e. The van der Waals surface area contributed by atoms with E-state index >= 15 is 0 Å². The number of nitrogens with zero attached hydrogens (tertiary/aromatic N) is 1. The van der Waals surface area contributed by atoms with Crippen molar-refractivity contribution in [1.82, 2.24) is 4.98 Å². The van der Waals surface area contributed by atoms with Gasteiger partial charge in [0, 0.05) is 13.2 Å². The highest BCUT2D eigenvalue weighted by atomic mass is 19.1. The number of anilines is 2. The molecule has 0 aliphatic carbocycles. The van der Waals surface area contributed by atoms with Gasteiger partial charge in [0.25, 0.3) is 5.91 Å². The zero-order valence-electron chi connectivity index (χ0n) is 10.7. The van der Waals surface area contributed by atoms with E-state index in [1.54, 1.807) is 38.4 Å². The number of halogens is 1. The molecule has 0 fully saturated rings. The average Bonchev–Trinajstić information content (AvgIpc) is 2.41. The van der Waals surface area contributed by atoms with Crippen molar-refractivity contribution >= 4 is 17.3 Å².